The number of fused-ring (bicyclic) bond motifs is 3. The second-order valence-electron chi connectivity index (χ2n) is 20.5. The number of methoxy groups -OCH3 is 6. The SMILES string of the molecule is COc1cc(CO)ccc1OCCCCOc1cc2c(cc1OC)Cc1cc(OCCOc3ccc(COC4CCCCO4)cc3OC)c(OC)cc1Cc1cc(OCCOc3ccc(COC4CCCCO4)cc3OC)c(OC)cc1C2. The van der Waals surface area contributed by atoms with E-state index in [9.17, 15) is 5.11 Å². The number of hydrogen-bond donors (Lipinski definition) is 1. The zero-order valence-corrected chi connectivity index (χ0v) is 48.9. The van der Waals surface area contributed by atoms with Gasteiger partial charge in [0.1, 0.15) is 26.4 Å². The van der Waals surface area contributed by atoms with Gasteiger partial charge in [-0.1, -0.05) is 18.2 Å². The van der Waals surface area contributed by atoms with Gasteiger partial charge in [0, 0.05) is 13.2 Å². The molecule has 2 aliphatic heterocycles. The third kappa shape index (κ3) is 16.5. The van der Waals surface area contributed by atoms with Gasteiger partial charge >= 0.3 is 0 Å². The summed E-state index contributed by atoms with van der Waals surface area (Å²) >= 11 is 0. The van der Waals surface area contributed by atoms with Gasteiger partial charge in [-0.05, 0) is 193 Å². The van der Waals surface area contributed by atoms with Crippen LogP contribution in [0.1, 0.15) is 101 Å². The Balaban J connectivity index is 0.920. The molecule has 6 aromatic carbocycles. The second kappa shape index (κ2) is 30.9. The Morgan fingerprint density at radius 3 is 0.988 bits per heavy atom. The number of hydrogen-bond acceptors (Lipinski definition) is 17. The lowest BCUT2D eigenvalue weighted by molar-refractivity contribution is -0.169. The number of rotatable bonds is 30. The number of unbranched alkanes of at least 4 members (excludes halogenated alkanes) is 1. The van der Waals surface area contributed by atoms with Crippen LogP contribution in [0.25, 0.3) is 0 Å². The van der Waals surface area contributed by atoms with E-state index in [1.54, 1.807) is 48.7 Å². The summed E-state index contributed by atoms with van der Waals surface area (Å²) in [7, 11) is 9.81. The monoisotopic (exact) mass is 1140 g/mol. The van der Waals surface area contributed by atoms with Crippen LogP contribution in [-0.2, 0) is 58.0 Å². The third-order valence-corrected chi connectivity index (χ3v) is 14.9. The predicted molar refractivity (Wildman–Crippen MR) is 311 cm³/mol. The fourth-order valence-corrected chi connectivity index (χ4v) is 10.4. The van der Waals surface area contributed by atoms with Crippen molar-refractivity contribution in [3.63, 3.8) is 0 Å². The molecule has 0 amide bonds. The fraction of sp³-hybridized carbons (Fsp3) is 0.455. The van der Waals surface area contributed by atoms with Crippen LogP contribution in [0.5, 0.6) is 69.0 Å². The summed E-state index contributed by atoms with van der Waals surface area (Å²) in [5, 5.41) is 9.56. The molecule has 9 rings (SSSR count). The van der Waals surface area contributed by atoms with Crippen molar-refractivity contribution >= 4 is 0 Å². The first kappa shape index (κ1) is 60.3. The number of benzene rings is 6. The van der Waals surface area contributed by atoms with Crippen molar-refractivity contribution in [2.75, 3.05) is 95.5 Å². The van der Waals surface area contributed by atoms with Crippen molar-refractivity contribution in [2.45, 2.75) is 103 Å². The third-order valence-electron chi connectivity index (χ3n) is 14.9. The Morgan fingerprint density at radius 2 is 0.651 bits per heavy atom. The van der Waals surface area contributed by atoms with E-state index in [4.69, 9.17) is 75.8 Å². The molecular formula is C66H80O17. The molecule has 2 atom stereocenters. The van der Waals surface area contributed by atoms with Gasteiger partial charge in [0.15, 0.2) is 81.6 Å². The summed E-state index contributed by atoms with van der Waals surface area (Å²) in [5.41, 5.74) is 9.03. The van der Waals surface area contributed by atoms with Crippen LogP contribution in [0.3, 0.4) is 0 Å². The van der Waals surface area contributed by atoms with Crippen molar-refractivity contribution in [3.05, 3.63) is 141 Å². The highest BCUT2D eigenvalue weighted by Crippen LogP contribution is 2.42. The molecule has 0 aromatic heterocycles. The lowest BCUT2D eigenvalue weighted by Crippen LogP contribution is -2.22. The summed E-state index contributed by atoms with van der Waals surface area (Å²) in [6.45, 7) is 4.09. The molecule has 17 nitrogen and oxygen atoms in total. The molecule has 83 heavy (non-hydrogen) atoms. The van der Waals surface area contributed by atoms with E-state index in [-0.39, 0.29) is 45.6 Å². The van der Waals surface area contributed by atoms with Crippen molar-refractivity contribution in [1.82, 2.24) is 0 Å². The minimum Gasteiger partial charge on any atom is -0.493 e. The Morgan fingerprint density at radius 1 is 0.349 bits per heavy atom. The fourth-order valence-electron chi connectivity index (χ4n) is 10.4. The van der Waals surface area contributed by atoms with Crippen LogP contribution in [0.2, 0.25) is 0 Å². The summed E-state index contributed by atoms with van der Waals surface area (Å²) < 4.78 is 96.5. The van der Waals surface area contributed by atoms with Crippen LogP contribution in [0, 0.1) is 0 Å². The zero-order chi connectivity index (χ0) is 57.8. The molecule has 446 valence electrons. The quantitative estimate of drug-likeness (QED) is 0.0422. The van der Waals surface area contributed by atoms with Crippen LogP contribution in [0.15, 0.2) is 91.0 Å². The minimum absolute atomic E-state index is 0.0760. The van der Waals surface area contributed by atoms with Crippen molar-refractivity contribution < 1.29 is 80.9 Å². The summed E-state index contributed by atoms with van der Waals surface area (Å²) in [4.78, 5) is 0. The van der Waals surface area contributed by atoms with Gasteiger partial charge in [0.2, 0.25) is 0 Å². The molecule has 2 fully saturated rings. The van der Waals surface area contributed by atoms with Gasteiger partial charge in [-0.25, -0.2) is 0 Å². The predicted octanol–water partition coefficient (Wildman–Crippen LogP) is 11.6. The maximum absolute atomic E-state index is 9.56. The molecule has 2 unspecified atom stereocenters. The maximum Gasteiger partial charge on any atom is 0.161 e. The molecular weight excluding hydrogens is 1060 g/mol. The molecule has 1 N–H and O–H groups in total. The van der Waals surface area contributed by atoms with Crippen LogP contribution < -0.4 is 56.8 Å². The van der Waals surface area contributed by atoms with Gasteiger partial charge in [0.05, 0.1) is 75.7 Å². The van der Waals surface area contributed by atoms with Crippen LogP contribution >= 0.6 is 0 Å². The van der Waals surface area contributed by atoms with Gasteiger partial charge in [-0.3, -0.25) is 0 Å². The number of aliphatic hydroxyl groups is 1. The smallest absolute Gasteiger partial charge is 0.161 e. The molecule has 3 aliphatic rings. The van der Waals surface area contributed by atoms with E-state index in [1.165, 1.54) is 0 Å². The van der Waals surface area contributed by atoms with Gasteiger partial charge in [-0.15, -0.1) is 0 Å². The lowest BCUT2D eigenvalue weighted by atomic mass is 9.94. The van der Waals surface area contributed by atoms with Crippen molar-refractivity contribution in [2.24, 2.45) is 0 Å². The topological polar surface area (TPSA) is 168 Å². The summed E-state index contributed by atoms with van der Waals surface area (Å²) in [5.74, 6) is 7.25. The van der Waals surface area contributed by atoms with E-state index in [1.807, 2.05) is 48.5 Å². The Hall–Kier alpha value is -7.28. The highest BCUT2D eigenvalue weighted by Gasteiger charge is 2.24. The van der Waals surface area contributed by atoms with E-state index < -0.39 is 0 Å². The minimum atomic E-state index is -0.185. The van der Waals surface area contributed by atoms with Gasteiger partial charge in [-0.2, -0.15) is 0 Å². The summed E-state index contributed by atoms with van der Waals surface area (Å²) in [6.07, 6.45) is 8.92. The highest BCUT2D eigenvalue weighted by molar-refractivity contribution is 5.58. The average molecular weight is 1150 g/mol. The Bertz CT molecular complexity index is 2930. The molecule has 0 radical (unpaired) electrons. The average Bonchev–Trinajstić information content (AvgIpc) is 3.92. The summed E-state index contributed by atoms with van der Waals surface area (Å²) in [6, 6.07) is 29.5. The number of ether oxygens (including phenoxy) is 16. The first-order valence-electron chi connectivity index (χ1n) is 28.7. The standard InChI is InChI=1S/C66H80O17/c1-68-56-29-44(41-67)15-18-53(56)74-21-11-12-22-75-62-38-50-32-48-36-60(72-5)64(79-28-26-77-55-20-17-46(31-58(55)70-3)43-83-66-14-8-10-24-81-66)40-52(48)34-49-37-61(73-6)63(39-51(49)33-47(50)35-59(62)71-4)78-27-25-76-54-19-16-45(30-57(54)69-2)42-82-65-13-7-9-23-80-65/h15-20,29-31,35-40,65-67H,7-14,21-28,32-34,41-43H2,1-6H3. The van der Waals surface area contributed by atoms with E-state index in [0.29, 0.717) is 115 Å². The highest BCUT2D eigenvalue weighted by atomic mass is 16.7. The van der Waals surface area contributed by atoms with E-state index in [2.05, 4.69) is 36.4 Å². The first-order chi connectivity index (χ1) is 40.8. The molecule has 0 bridgehead atoms. The molecule has 2 heterocycles. The number of aliphatic hydroxyl groups excluding tert-OH is 1. The largest absolute Gasteiger partial charge is 0.493 e. The van der Waals surface area contributed by atoms with Crippen molar-refractivity contribution in [3.8, 4) is 69.0 Å². The Labute approximate surface area is 487 Å². The second-order valence-corrected chi connectivity index (χ2v) is 20.5. The maximum atomic E-state index is 9.56. The van der Waals surface area contributed by atoms with Crippen LogP contribution in [-0.4, -0.2) is 113 Å². The molecule has 0 spiro atoms. The first-order valence-corrected chi connectivity index (χ1v) is 28.7. The molecule has 0 saturated carbocycles. The molecule has 1 aliphatic carbocycles. The van der Waals surface area contributed by atoms with Gasteiger partial charge in [0.25, 0.3) is 0 Å². The lowest BCUT2D eigenvalue weighted by Gasteiger charge is -2.22. The van der Waals surface area contributed by atoms with Gasteiger partial charge < -0.3 is 80.9 Å². The molecule has 2 saturated heterocycles. The molecule has 6 aromatic rings. The van der Waals surface area contributed by atoms with E-state index >= 15 is 0 Å². The van der Waals surface area contributed by atoms with E-state index in [0.717, 1.165) is 115 Å². The molecule has 17 heteroatoms. The Kier molecular flexibility index (Phi) is 22.4. The van der Waals surface area contributed by atoms with Crippen molar-refractivity contribution in [1.29, 1.82) is 0 Å². The van der Waals surface area contributed by atoms with Crippen LogP contribution in [0.4, 0.5) is 0 Å². The normalized spacial score (nSPS) is 15.7. The zero-order valence-electron chi connectivity index (χ0n) is 48.9.